The first-order valence-electron chi connectivity index (χ1n) is 12.2. The van der Waals surface area contributed by atoms with Crippen molar-refractivity contribution in [3.63, 3.8) is 0 Å². The fraction of sp³-hybridized carbons (Fsp3) is 0.917. The van der Waals surface area contributed by atoms with E-state index in [4.69, 9.17) is 14.2 Å². The number of esters is 2. The summed E-state index contributed by atoms with van der Waals surface area (Å²) in [6.07, 6.45) is -8.86. The maximum absolute atomic E-state index is 13.3. The lowest BCUT2D eigenvalue weighted by atomic mass is 9.59. The fourth-order valence-electron chi connectivity index (χ4n) is 7.37. The van der Waals surface area contributed by atoms with Gasteiger partial charge in [-0.15, -0.1) is 0 Å². The molecule has 0 spiro atoms. The zero-order valence-corrected chi connectivity index (χ0v) is 20.8. The highest BCUT2D eigenvalue weighted by Gasteiger charge is 2.66. The fourth-order valence-corrected chi connectivity index (χ4v) is 7.37. The molecular formula is C24H32F6O6. The summed E-state index contributed by atoms with van der Waals surface area (Å²) in [5.41, 5.74) is -3.19. The SMILES string of the molecule is CC1CC(C(C2CC(C)C3OC3(C)C2)C(C)(COC(=O)C(F)(F)F)OC(=O)C(F)(F)F)CC2(C)OC12. The molecular weight excluding hydrogens is 498 g/mol. The second kappa shape index (κ2) is 8.47. The number of carbonyl (C=O) groups is 2. The molecule has 9 atom stereocenters. The van der Waals surface area contributed by atoms with Crippen LogP contribution in [0.1, 0.15) is 60.3 Å². The van der Waals surface area contributed by atoms with Gasteiger partial charge in [0.1, 0.15) is 12.2 Å². The normalized spacial score (nSPS) is 42.3. The van der Waals surface area contributed by atoms with Crippen LogP contribution in [0.15, 0.2) is 0 Å². The zero-order valence-electron chi connectivity index (χ0n) is 20.8. The van der Waals surface area contributed by atoms with E-state index in [0.717, 1.165) is 6.92 Å². The van der Waals surface area contributed by atoms with E-state index in [-0.39, 0.29) is 35.9 Å². The second-order valence-corrected chi connectivity index (χ2v) is 11.9. The topological polar surface area (TPSA) is 77.7 Å². The van der Waals surface area contributed by atoms with Gasteiger partial charge in [0.25, 0.3) is 0 Å². The third-order valence-electron chi connectivity index (χ3n) is 8.60. The van der Waals surface area contributed by atoms with E-state index < -0.39 is 53.6 Å². The van der Waals surface area contributed by atoms with E-state index >= 15 is 0 Å². The van der Waals surface area contributed by atoms with Gasteiger partial charge >= 0.3 is 24.3 Å². The Hall–Kier alpha value is -1.56. The molecule has 9 unspecified atom stereocenters. The molecule has 4 aliphatic rings. The van der Waals surface area contributed by atoms with Gasteiger partial charge in [0.05, 0.1) is 23.4 Å². The van der Waals surface area contributed by atoms with E-state index in [1.54, 1.807) is 0 Å². The van der Waals surface area contributed by atoms with Crippen molar-refractivity contribution in [3.05, 3.63) is 0 Å². The van der Waals surface area contributed by atoms with Crippen molar-refractivity contribution in [2.75, 3.05) is 6.61 Å². The molecule has 0 N–H and O–H groups in total. The van der Waals surface area contributed by atoms with Crippen LogP contribution >= 0.6 is 0 Å². The number of rotatable bonds is 6. The lowest BCUT2D eigenvalue weighted by Gasteiger charge is -2.48. The Kier molecular flexibility index (Phi) is 6.47. The van der Waals surface area contributed by atoms with E-state index in [1.807, 2.05) is 27.7 Å². The summed E-state index contributed by atoms with van der Waals surface area (Å²) in [4.78, 5) is 23.6. The Morgan fingerprint density at radius 1 is 0.861 bits per heavy atom. The minimum atomic E-state index is -5.38. The number of alkyl halides is 6. The van der Waals surface area contributed by atoms with Crippen LogP contribution in [0.5, 0.6) is 0 Å². The molecule has 2 saturated heterocycles. The third kappa shape index (κ3) is 5.08. The van der Waals surface area contributed by atoms with Crippen LogP contribution in [0.4, 0.5) is 26.3 Å². The predicted molar refractivity (Wildman–Crippen MR) is 111 cm³/mol. The molecule has 2 aliphatic carbocycles. The molecule has 6 nitrogen and oxygen atoms in total. The van der Waals surface area contributed by atoms with Crippen LogP contribution in [-0.4, -0.2) is 59.9 Å². The Morgan fingerprint density at radius 3 is 1.64 bits per heavy atom. The van der Waals surface area contributed by atoms with Crippen LogP contribution in [0, 0.1) is 29.6 Å². The standard InChI is InChI=1S/C24H32F6O6/c1-11-6-13(8-20(3)16(11)34-20)15(14-7-12(2)17-21(4,9-14)35-17)22(5,36-19(32)24(28,29)30)10-33-18(31)23(25,26)27/h11-17H,6-10H2,1-5H3. The van der Waals surface area contributed by atoms with Crippen LogP contribution in [-0.2, 0) is 28.5 Å². The Morgan fingerprint density at radius 2 is 1.28 bits per heavy atom. The van der Waals surface area contributed by atoms with Gasteiger partial charge in [-0.1, -0.05) is 13.8 Å². The summed E-state index contributed by atoms with van der Waals surface area (Å²) in [5.74, 6) is -6.55. The summed E-state index contributed by atoms with van der Waals surface area (Å²) in [7, 11) is 0. The predicted octanol–water partition coefficient (Wildman–Crippen LogP) is 4.98. The van der Waals surface area contributed by atoms with Gasteiger partial charge < -0.3 is 18.9 Å². The van der Waals surface area contributed by atoms with Gasteiger partial charge in [-0.25, -0.2) is 9.59 Å². The molecule has 0 aromatic carbocycles. The number of hydrogen-bond acceptors (Lipinski definition) is 6. The number of carbonyl (C=O) groups excluding carboxylic acids is 2. The molecule has 0 aromatic rings. The molecule has 0 aromatic heterocycles. The van der Waals surface area contributed by atoms with Crippen molar-refractivity contribution < 1.29 is 54.9 Å². The average Bonchev–Trinajstić information content (AvgIpc) is 3.59. The van der Waals surface area contributed by atoms with Gasteiger partial charge in [0.15, 0.2) is 0 Å². The van der Waals surface area contributed by atoms with Crippen LogP contribution in [0.2, 0.25) is 0 Å². The lowest BCUT2D eigenvalue weighted by Crippen LogP contribution is -2.55. The number of hydrogen-bond donors (Lipinski definition) is 0. The Labute approximate surface area is 205 Å². The summed E-state index contributed by atoms with van der Waals surface area (Å²) < 4.78 is 99.8. The highest BCUT2D eigenvalue weighted by molar-refractivity contribution is 5.77. The molecule has 0 amide bonds. The van der Waals surface area contributed by atoms with Crippen molar-refractivity contribution in [2.45, 2.75) is 102 Å². The smallest absolute Gasteiger partial charge is 0.455 e. The van der Waals surface area contributed by atoms with E-state index in [0.29, 0.717) is 25.7 Å². The minimum Gasteiger partial charge on any atom is -0.455 e. The molecule has 206 valence electrons. The highest BCUT2D eigenvalue weighted by Crippen LogP contribution is 2.60. The molecule has 2 heterocycles. The van der Waals surface area contributed by atoms with Crippen molar-refractivity contribution in [1.29, 1.82) is 0 Å². The van der Waals surface area contributed by atoms with Crippen molar-refractivity contribution in [2.24, 2.45) is 29.6 Å². The summed E-state index contributed by atoms with van der Waals surface area (Å²) in [6, 6.07) is 0. The first-order valence-corrected chi connectivity index (χ1v) is 12.2. The van der Waals surface area contributed by atoms with E-state index in [1.165, 1.54) is 0 Å². The molecule has 2 saturated carbocycles. The van der Waals surface area contributed by atoms with Crippen molar-refractivity contribution in [3.8, 4) is 0 Å². The minimum absolute atomic E-state index is 0.0135. The van der Waals surface area contributed by atoms with Gasteiger partial charge in [-0.05, 0) is 70.1 Å². The molecule has 0 bridgehead atoms. The maximum atomic E-state index is 13.3. The number of epoxide rings is 2. The van der Waals surface area contributed by atoms with E-state index in [9.17, 15) is 35.9 Å². The monoisotopic (exact) mass is 530 g/mol. The van der Waals surface area contributed by atoms with Crippen LogP contribution < -0.4 is 0 Å². The largest absolute Gasteiger partial charge is 0.490 e. The summed E-state index contributed by atoms with van der Waals surface area (Å²) >= 11 is 0. The van der Waals surface area contributed by atoms with Gasteiger partial charge in [0, 0.05) is 5.92 Å². The van der Waals surface area contributed by atoms with Crippen LogP contribution in [0.3, 0.4) is 0 Å². The van der Waals surface area contributed by atoms with Gasteiger partial charge in [-0.3, -0.25) is 0 Å². The number of halogens is 6. The zero-order chi connectivity index (χ0) is 27.1. The number of fused-ring (bicyclic) bond motifs is 2. The maximum Gasteiger partial charge on any atom is 0.490 e. The second-order valence-electron chi connectivity index (χ2n) is 11.9. The summed E-state index contributed by atoms with van der Waals surface area (Å²) in [5, 5.41) is 0. The Bertz CT molecular complexity index is 869. The average molecular weight is 531 g/mol. The third-order valence-corrected chi connectivity index (χ3v) is 8.60. The molecule has 4 rings (SSSR count). The molecule has 36 heavy (non-hydrogen) atoms. The van der Waals surface area contributed by atoms with Crippen molar-refractivity contribution in [1.82, 2.24) is 0 Å². The number of ether oxygens (including phenoxy) is 4. The summed E-state index contributed by atoms with van der Waals surface area (Å²) in [6.45, 7) is 7.68. The van der Waals surface area contributed by atoms with Crippen LogP contribution in [0.25, 0.3) is 0 Å². The molecule has 2 aliphatic heterocycles. The quantitative estimate of drug-likeness (QED) is 0.274. The van der Waals surface area contributed by atoms with Gasteiger partial charge in [0.2, 0.25) is 0 Å². The molecule has 0 radical (unpaired) electrons. The molecule has 4 fully saturated rings. The van der Waals surface area contributed by atoms with Gasteiger partial charge in [-0.2, -0.15) is 26.3 Å². The highest BCUT2D eigenvalue weighted by atomic mass is 19.4. The molecule has 12 heteroatoms. The van der Waals surface area contributed by atoms with E-state index in [2.05, 4.69) is 4.74 Å². The first-order chi connectivity index (χ1) is 16.3. The van der Waals surface area contributed by atoms with Crippen molar-refractivity contribution >= 4 is 11.9 Å². The lowest BCUT2D eigenvalue weighted by molar-refractivity contribution is -0.234. The first kappa shape index (κ1) is 27.5. The Balaban J connectivity index is 1.71.